The topological polar surface area (TPSA) is 114 Å². The summed E-state index contributed by atoms with van der Waals surface area (Å²) in [6.07, 6.45) is 1.27. The lowest BCUT2D eigenvalue weighted by molar-refractivity contribution is -0.122. The van der Waals surface area contributed by atoms with Crippen LogP contribution in [-0.4, -0.2) is 41.0 Å². The van der Waals surface area contributed by atoms with Crippen LogP contribution in [0.2, 0.25) is 0 Å². The first-order valence-corrected chi connectivity index (χ1v) is 10.0. The molecule has 0 atom stereocenters. The minimum atomic E-state index is -0.533. The summed E-state index contributed by atoms with van der Waals surface area (Å²) in [6.45, 7) is 5.01. The minimum Gasteiger partial charge on any atom is -0.462 e. The lowest BCUT2D eigenvalue weighted by atomic mass is 9.95. The Bertz CT molecular complexity index is 1210. The van der Waals surface area contributed by atoms with Crippen molar-refractivity contribution in [3.8, 4) is 6.07 Å². The Kier molecular flexibility index (Phi) is 6.37. The molecule has 0 unspecified atom stereocenters. The maximum absolute atomic E-state index is 12.8. The van der Waals surface area contributed by atoms with Gasteiger partial charge >= 0.3 is 5.97 Å². The molecule has 9 heteroatoms. The number of pyridine rings is 1. The summed E-state index contributed by atoms with van der Waals surface area (Å²) < 4.78 is 7.20. The van der Waals surface area contributed by atoms with Crippen LogP contribution in [0.25, 0.3) is 16.7 Å². The van der Waals surface area contributed by atoms with E-state index in [0.717, 1.165) is 16.9 Å². The molecule has 2 N–H and O–H groups in total. The lowest BCUT2D eigenvalue weighted by Crippen LogP contribution is -2.40. The summed E-state index contributed by atoms with van der Waals surface area (Å²) in [4.78, 5) is 31.2. The van der Waals surface area contributed by atoms with Crippen LogP contribution in [0.15, 0.2) is 24.3 Å². The van der Waals surface area contributed by atoms with Crippen molar-refractivity contribution in [2.24, 2.45) is 11.7 Å². The smallest absolute Gasteiger partial charge is 0.340 e. The Morgan fingerprint density at radius 3 is 2.58 bits per heavy atom. The first-order chi connectivity index (χ1) is 14.5. The number of esters is 1. The normalized spacial score (nSPS) is 14.3. The predicted octanol–water partition coefficient (Wildman–Crippen LogP) is 2.97. The number of carbonyl (C=O) groups is 2. The molecule has 0 spiro atoms. The van der Waals surface area contributed by atoms with Gasteiger partial charge in [0.25, 0.3) is 0 Å². The van der Waals surface area contributed by atoms with Gasteiger partial charge in [0.05, 0.1) is 23.2 Å². The minimum absolute atomic E-state index is 0. The number of imidazole rings is 1. The van der Waals surface area contributed by atoms with Gasteiger partial charge < -0.3 is 15.4 Å². The fourth-order valence-electron chi connectivity index (χ4n) is 4.31. The quantitative estimate of drug-likeness (QED) is 0.622. The highest BCUT2D eigenvalue weighted by atomic mass is 35.5. The van der Waals surface area contributed by atoms with Crippen LogP contribution in [0.4, 0.5) is 5.82 Å². The largest absolute Gasteiger partial charge is 0.462 e. The van der Waals surface area contributed by atoms with Gasteiger partial charge in [-0.15, -0.1) is 12.4 Å². The zero-order chi connectivity index (χ0) is 21.4. The molecule has 1 saturated heterocycles. The number of nitrogens with zero attached hydrogens (tertiary/aromatic N) is 4. The van der Waals surface area contributed by atoms with Gasteiger partial charge in [-0.25, -0.2) is 9.78 Å². The van der Waals surface area contributed by atoms with Crippen LogP contribution in [0, 0.1) is 24.2 Å². The van der Waals surface area contributed by atoms with Gasteiger partial charge in [-0.3, -0.25) is 9.20 Å². The third-order valence-corrected chi connectivity index (χ3v) is 5.74. The number of piperidine rings is 1. The monoisotopic (exact) mass is 441 g/mol. The molecule has 1 aromatic carbocycles. The number of anilines is 1. The van der Waals surface area contributed by atoms with Crippen molar-refractivity contribution in [3.05, 3.63) is 41.0 Å². The summed E-state index contributed by atoms with van der Waals surface area (Å²) >= 11 is 0. The molecule has 1 aliphatic rings. The van der Waals surface area contributed by atoms with Gasteiger partial charge in [0.15, 0.2) is 5.65 Å². The van der Waals surface area contributed by atoms with Gasteiger partial charge in [-0.1, -0.05) is 12.1 Å². The third-order valence-electron chi connectivity index (χ3n) is 5.74. The number of rotatable bonds is 4. The third kappa shape index (κ3) is 3.66. The number of aromatic nitrogens is 2. The number of carbonyl (C=O) groups excluding carboxylic acids is 2. The molecule has 1 fully saturated rings. The van der Waals surface area contributed by atoms with E-state index in [1.807, 2.05) is 35.6 Å². The van der Waals surface area contributed by atoms with Gasteiger partial charge in [-0.05, 0) is 38.8 Å². The summed E-state index contributed by atoms with van der Waals surface area (Å²) in [7, 11) is 0. The molecular weight excluding hydrogens is 418 g/mol. The van der Waals surface area contributed by atoms with Crippen molar-refractivity contribution in [2.75, 3.05) is 24.6 Å². The Hall–Kier alpha value is -3.31. The highest BCUT2D eigenvalue weighted by Crippen LogP contribution is 2.35. The Morgan fingerprint density at radius 1 is 1.29 bits per heavy atom. The molecule has 31 heavy (non-hydrogen) atoms. The van der Waals surface area contributed by atoms with Crippen LogP contribution in [0.1, 0.15) is 41.3 Å². The van der Waals surface area contributed by atoms with Crippen LogP contribution in [0.3, 0.4) is 0 Å². The van der Waals surface area contributed by atoms with Gasteiger partial charge in [0.2, 0.25) is 5.91 Å². The van der Waals surface area contributed by atoms with E-state index >= 15 is 0 Å². The van der Waals surface area contributed by atoms with Crippen LogP contribution < -0.4 is 10.6 Å². The summed E-state index contributed by atoms with van der Waals surface area (Å²) in [5, 5.41) is 9.90. The van der Waals surface area contributed by atoms with E-state index in [1.165, 1.54) is 0 Å². The molecule has 3 heterocycles. The van der Waals surface area contributed by atoms with Crippen molar-refractivity contribution in [3.63, 3.8) is 0 Å². The Balaban J connectivity index is 0.00000272. The van der Waals surface area contributed by atoms with Gasteiger partial charge in [0.1, 0.15) is 17.5 Å². The van der Waals surface area contributed by atoms with Crippen molar-refractivity contribution < 1.29 is 14.3 Å². The Morgan fingerprint density at radius 2 is 1.97 bits per heavy atom. The molecule has 0 aliphatic carbocycles. The molecule has 162 valence electrons. The highest BCUT2D eigenvalue weighted by molar-refractivity contribution is 5.99. The second kappa shape index (κ2) is 8.82. The molecular formula is C22H24ClN5O3. The van der Waals surface area contributed by atoms with E-state index < -0.39 is 5.97 Å². The molecule has 0 saturated carbocycles. The highest BCUT2D eigenvalue weighted by Gasteiger charge is 2.30. The SMILES string of the molecule is CCOC(=O)c1c(C)c(N2CCC(C(N)=O)CC2)n2c(nc3ccccc32)c1C#N.Cl. The Labute approximate surface area is 186 Å². The van der Waals surface area contributed by atoms with Crippen LogP contribution in [0.5, 0.6) is 0 Å². The van der Waals surface area contributed by atoms with Crippen LogP contribution >= 0.6 is 12.4 Å². The van der Waals surface area contributed by atoms with E-state index in [0.29, 0.717) is 37.1 Å². The van der Waals surface area contributed by atoms with E-state index in [2.05, 4.69) is 16.0 Å². The number of halogens is 1. The number of primary amides is 1. The second-order valence-corrected chi connectivity index (χ2v) is 7.45. The first-order valence-electron chi connectivity index (χ1n) is 10.0. The lowest BCUT2D eigenvalue weighted by Gasteiger charge is -2.34. The maximum Gasteiger partial charge on any atom is 0.340 e. The number of nitriles is 1. The molecule has 8 nitrogen and oxygen atoms in total. The van der Waals surface area contributed by atoms with Crippen molar-refractivity contribution >= 4 is 46.8 Å². The summed E-state index contributed by atoms with van der Waals surface area (Å²) in [6, 6.07) is 9.80. The van der Waals surface area contributed by atoms with Gasteiger partial charge in [0, 0.05) is 24.6 Å². The number of fused-ring (bicyclic) bond motifs is 3. The zero-order valence-electron chi connectivity index (χ0n) is 17.4. The fourth-order valence-corrected chi connectivity index (χ4v) is 4.31. The molecule has 4 rings (SSSR count). The number of hydrogen-bond donors (Lipinski definition) is 1. The summed E-state index contributed by atoms with van der Waals surface area (Å²) in [5.74, 6) is -0.172. The number of para-hydroxylation sites is 2. The zero-order valence-corrected chi connectivity index (χ0v) is 18.2. The van der Waals surface area contributed by atoms with Crippen molar-refractivity contribution in [1.82, 2.24) is 9.38 Å². The average molecular weight is 442 g/mol. The molecule has 0 bridgehead atoms. The number of benzene rings is 1. The number of ether oxygens (including phenoxy) is 1. The summed E-state index contributed by atoms with van der Waals surface area (Å²) in [5.41, 5.74) is 8.64. The van der Waals surface area contributed by atoms with E-state index in [9.17, 15) is 14.9 Å². The maximum atomic E-state index is 12.8. The van der Waals surface area contributed by atoms with Gasteiger partial charge in [-0.2, -0.15) is 5.26 Å². The van der Waals surface area contributed by atoms with E-state index in [1.54, 1.807) is 6.92 Å². The van der Waals surface area contributed by atoms with Crippen molar-refractivity contribution in [2.45, 2.75) is 26.7 Å². The average Bonchev–Trinajstić information content (AvgIpc) is 3.12. The first kappa shape index (κ1) is 22.4. The molecule has 0 radical (unpaired) electrons. The number of amides is 1. The molecule has 1 amide bonds. The molecule has 3 aromatic rings. The molecule has 1 aliphatic heterocycles. The van der Waals surface area contributed by atoms with E-state index in [4.69, 9.17) is 10.5 Å². The predicted molar refractivity (Wildman–Crippen MR) is 119 cm³/mol. The standard InChI is InChI=1S/C22H23N5O3.ClH/c1-3-30-22(29)18-13(2)21(26-10-8-14(9-11-26)19(24)28)27-17-7-5-4-6-16(17)25-20(27)15(18)12-23;/h4-7,14H,3,8-11H2,1-2H3,(H2,24,28);1H. The van der Waals surface area contributed by atoms with Crippen LogP contribution in [-0.2, 0) is 9.53 Å². The number of nitrogens with two attached hydrogens (primary N) is 1. The van der Waals surface area contributed by atoms with E-state index in [-0.39, 0.29) is 42.0 Å². The molecule has 2 aromatic heterocycles. The fraction of sp³-hybridized carbons (Fsp3) is 0.364. The number of hydrogen-bond acceptors (Lipinski definition) is 6. The van der Waals surface area contributed by atoms with Crippen molar-refractivity contribution in [1.29, 1.82) is 5.26 Å². The second-order valence-electron chi connectivity index (χ2n) is 7.45.